The molecule has 0 spiro atoms. The molecule has 0 amide bonds. The second-order valence-electron chi connectivity index (χ2n) is 5.65. The van der Waals surface area contributed by atoms with Gasteiger partial charge in [0.25, 0.3) is 0 Å². The van der Waals surface area contributed by atoms with Crippen molar-refractivity contribution in [1.82, 2.24) is 4.72 Å². The first kappa shape index (κ1) is 19.8. The van der Waals surface area contributed by atoms with Gasteiger partial charge in [-0.1, -0.05) is 24.3 Å². The Morgan fingerprint density at radius 1 is 0.885 bits per heavy atom. The molecule has 0 unspecified atom stereocenters. The van der Waals surface area contributed by atoms with Crippen molar-refractivity contribution in [3.63, 3.8) is 0 Å². The summed E-state index contributed by atoms with van der Waals surface area (Å²) in [5.41, 5.74) is 3.97. The van der Waals surface area contributed by atoms with Crippen molar-refractivity contribution in [2.75, 3.05) is 21.3 Å². The van der Waals surface area contributed by atoms with Gasteiger partial charge >= 0.3 is 10.3 Å². The summed E-state index contributed by atoms with van der Waals surface area (Å²) in [5, 5.41) is 0. The molecule has 0 radical (unpaired) electrons. The summed E-state index contributed by atoms with van der Waals surface area (Å²) < 4.78 is 41.0. The minimum absolute atomic E-state index is 0.113. The zero-order valence-corrected chi connectivity index (χ0v) is 16.3. The first-order chi connectivity index (χ1) is 12.3. The third kappa shape index (κ3) is 4.77. The minimum Gasteiger partial charge on any atom is -0.496 e. The fourth-order valence-electron chi connectivity index (χ4n) is 2.38. The van der Waals surface area contributed by atoms with E-state index in [0.29, 0.717) is 5.75 Å². The molecule has 0 aliphatic rings. The fourth-order valence-corrected chi connectivity index (χ4v) is 2.83. The molecule has 2 aromatic rings. The molecule has 6 nitrogen and oxygen atoms in total. The van der Waals surface area contributed by atoms with Gasteiger partial charge in [0.2, 0.25) is 0 Å². The van der Waals surface area contributed by atoms with Gasteiger partial charge in [-0.2, -0.15) is 13.1 Å². The van der Waals surface area contributed by atoms with Gasteiger partial charge in [0.1, 0.15) is 5.75 Å². The summed E-state index contributed by atoms with van der Waals surface area (Å²) in [6, 6.07) is 9.07. The van der Waals surface area contributed by atoms with Gasteiger partial charge in [-0.15, -0.1) is 0 Å². The minimum atomic E-state index is -3.88. The lowest BCUT2D eigenvalue weighted by molar-refractivity contribution is 0.389. The average molecular weight is 377 g/mol. The number of ether oxygens (including phenoxy) is 2. The normalized spacial score (nSPS) is 11.6. The summed E-state index contributed by atoms with van der Waals surface area (Å²) in [4.78, 5) is 0. The van der Waals surface area contributed by atoms with E-state index in [9.17, 15) is 8.42 Å². The second-order valence-corrected chi connectivity index (χ2v) is 7.13. The van der Waals surface area contributed by atoms with Crippen LogP contribution in [-0.4, -0.2) is 29.7 Å². The largest absolute Gasteiger partial charge is 0.496 e. The Labute approximate surface area is 154 Å². The summed E-state index contributed by atoms with van der Waals surface area (Å²) in [6.45, 7) is 4.04. The third-order valence-corrected chi connectivity index (χ3v) is 4.87. The van der Waals surface area contributed by atoms with Gasteiger partial charge in [-0.05, 0) is 54.3 Å². The Hall–Kier alpha value is -2.51. The lowest BCUT2D eigenvalue weighted by Gasteiger charge is -2.11. The Bertz CT molecular complexity index is 920. The highest BCUT2D eigenvalue weighted by Crippen LogP contribution is 2.30. The number of hydrogen-bond acceptors (Lipinski definition) is 5. The quantitative estimate of drug-likeness (QED) is 0.749. The van der Waals surface area contributed by atoms with E-state index in [1.165, 1.54) is 14.2 Å². The number of aryl methyl sites for hydroxylation is 1. The molecule has 0 aromatic heterocycles. The van der Waals surface area contributed by atoms with E-state index in [-0.39, 0.29) is 5.75 Å². The molecule has 2 rings (SSSR count). The maximum absolute atomic E-state index is 11.6. The molecule has 0 saturated carbocycles. The molecule has 2 aromatic carbocycles. The lowest BCUT2D eigenvalue weighted by Crippen LogP contribution is -2.24. The molecule has 1 N–H and O–H groups in total. The number of methoxy groups -OCH3 is 2. The molecule has 0 bridgehead atoms. The van der Waals surface area contributed by atoms with Crippen LogP contribution in [0.4, 0.5) is 0 Å². The molecule has 7 heteroatoms. The first-order valence-electron chi connectivity index (χ1n) is 7.94. The maximum atomic E-state index is 11.6. The number of rotatable bonds is 7. The van der Waals surface area contributed by atoms with Crippen LogP contribution in [0.15, 0.2) is 30.3 Å². The van der Waals surface area contributed by atoms with Gasteiger partial charge in [-0.25, -0.2) is 0 Å². The van der Waals surface area contributed by atoms with Crippen LogP contribution < -0.4 is 18.4 Å². The van der Waals surface area contributed by atoms with Crippen LogP contribution in [0.2, 0.25) is 0 Å². The van der Waals surface area contributed by atoms with Crippen molar-refractivity contribution < 1.29 is 22.1 Å². The average Bonchev–Trinajstić information content (AvgIpc) is 2.62. The maximum Gasteiger partial charge on any atom is 0.382 e. The Balaban J connectivity index is 2.35. The molecule has 0 saturated heterocycles. The molecule has 140 valence electrons. The SMILES string of the molecule is CNS(=O)(=O)Oc1cc(/C=C\c2cc(C)c(C)c(OC)c2)ccc1OC. The molecule has 0 heterocycles. The lowest BCUT2D eigenvalue weighted by atomic mass is 10.0. The highest BCUT2D eigenvalue weighted by atomic mass is 32.2. The summed E-state index contributed by atoms with van der Waals surface area (Å²) in [6.07, 6.45) is 3.79. The van der Waals surface area contributed by atoms with Gasteiger partial charge in [0, 0.05) is 7.05 Å². The van der Waals surface area contributed by atoms with E-state index in [1.807, 2.05) is 38.1 Å². The highest BCUT2D eigenvalue weighted by molar-refractivity contribution is 7.85. The van der Waals surface area contributed by atoms with E-state index >= 15 is 0 Å². The van der Waals surface area contributed by atoms with E-state index < -0.39 is 10.3 Å². The van der Waals surface area contributed by atoms with E-state index in [0.717, 1.165) is 28.0 Å². The molecule has 26 heavy (non-hydrogen) atoms. The Morgan fingerprint density at radius 2 is 1.50 bits per heavy atom. The summed E-state index contributed by atoms with van der Waals surface area (Å²) >= 11 is 0. The van der Waals surface area contributed by atoms with Crippen LogP contribution >= 0.6 is 0 Å². The van der Waals surface area contributed by atoms with Crippen molar-refractivity contribution in [3.05, 3.63) is 52.6 Å². The Kier molecular flexibility index (Phi) is 6.28. The van der Waals surface area contributed by atoms with Crippen LogP contribution in [0.1, 0.15) is 22.3 Å². The van der Waals surface area contributed by atoms with Gasteiger partial charge in [-0.3, -0.25) is 0 Å². The molecule has 0 fully saturated rings. The van der Waals surface area contributed by atoms with Gasteiger partial charge in [0.15, 0.2) is 11.5 Å². The zero-order valence-electron chi connectivity index (χ0n) is 15.5. The topological polar surface area (TPSA) is 73.9 Å². The molecule has 0 aliphatic carbocycles. The molecule has 0 aliphatic heterocycles. The Morgan fingerprint density at radius 3 is 2.12 bits per heavy atom. The highest BCUT2D eigenvalue weighted by Gasteiger charge is 2.14. The van der Waals surface area contributed by atoms with Crippen LogP contribution in [0, 0.1) is 13.8 Å². The van der Waals surface area contributed by atoms with E-state index in [1.54, 1.807) is 19.2 Å². The molecular weight excluding hydrogens is 354 g/mol. The molecule has 0 atom stereocenters. The molecular formula is C19H23NO5S. The van der Waals surface area contributed by atoms with Crippen LogP contribution in [-0.2, 0) is 10.3 Å². The van der Waals surface area contributed by atoms with Crippen LogP contribution in [0.3, 0.4) is 0 Å². The number of hydrogen-bond donors (Lipinski definition) is 1. The number of benzene rings is 2. The number of nitrogens with one attached hydrogen (secondary N) is 1. The van der Waals surface area contributed by atoms with Crippen LogP contribution in [0.5, 0.6) is 17.2 Å². The zero-order chi connectivity index (χ0) is 19.3. The summed E-state index contributed by atoms with van der Waals surface area (Å²) in [5.74, 6) is 1.26. The van der Waals surface area contributed by atoms with Crippen molar-refractivity contribution in [1.29, 1.82) is 0 Å². The first-order valence-corrected chi connectivity index (χ1v) is 9.34. The third-order valence-electron chi connectivity index (χ3n) is 3.97. The fraction of sp³-hybridized carbons (Fsp3) is 0.263. The second kappa shape index (κ2) is 8.25. The van der Waals surface area contributed by atoms with Gasteiger partial charge in [0.05, 0.1) is 14.2 Å². The predicted molar refractivity (Wildman–Crippen MR) is 103 cm³/mol. The standard InChI is InChI=1S/C19H23NO5S/c1-13-10-16(12-18(24-5)14(13)2)7-6-15-8-9-17(23-4)19(11-15)25-26(21,22)20-3/h6-12,20H,1-5H3/b7-6-. The van der Waals surface area contributed by atoms with Gasteiger partial charge < -0.3 is 13.7 Å². The predicted octanol–water partition coefficient (Wildman–Crippen LogP) is 3.33. The summed E-state index contributed by atoms with van der Waals surface area (Å²) in [7, 11) is 0.490. The van der Waals surface area contributed by atoms with Crippen molar-refractivity contribution >= 4 is 22.5 Å². The van der Waals surface area contributed by atoms with E-state index in [4.69, 9.17) is 13.7 Å². The smallest absolute Gasteiger partial charge is 0.382 e. The van der Waals surface area contributed by atoms with E-state index in [2.05, 4.69) is 10.8 Å². The van der Waals surface area contributed by atoms with Crippen molar-refractivity contribution in [2.45, 2.75) is 13.8 Å². The monoisotopic (exact) mass is 377 g/mol. The van der Waals surface area contributed by atoms with Crippen molar-refractivity contribution in [2.24, 2.45) is 0 Å². The van der Waals surface area contributed by atoms with Crippen molar-refractivity contribution in [3.8, 4) is 17.2 Å². The van der Waals surface area contributed by atoms with Crippen LogP contribution in [0.25, 0.3) is 12.2 Å².